The number of carbonyl (C=O) groups is 5. The minimum absolute atomic E-state index is 0.0646. The number of phenolic OH excluding ortho intramolecular Hbond substituents is 1. The Balaban J connectivity index is 1.38. The van der Waals surface area contributed by atoms with Crippen molar-refractivity contribution in [3.05, 3.63) is 53.6 Å². The molecule has 4 aliphatic rings. The van der Waals surface area contributed by atoms with Gasteiger partial charge in [0.1, 0.15) is 35.4 Å². The van der Waals surface area contributed by atoms with Gasteiger partial charge >= 0.3 is 0 Å². The third kappa shape index (κ3) is 7.60. The molecular formula is C34H43N5O7. The van der Waals surface area contributed by atoms with E-state index in [9.17, 15) is 29.1 Å². The Morgan fingerprint density at radius 3 is 2.11 bits per heavy atom. The number of aromatic hydroxyl groups is 1. The summed E-state index contributed by atoms with van der Waals surface area (Å²) in [6.07, 6.45) is 3.40. The van der Waals surface area contributed by atoms with E-state index < -0.39 is 35.8 Å². The zero-order chi connectivity index (χ0) is 33.0. The highest BCUT2D eigenvalue weighted by atomic mass is 16.5. The van der Waals surface area contributed by atoms with Crippen LogP contribution in [-0.2, 0) is 25.6 Å². The fourth-order valence-corrected chi connectivity index (χ4v) is 6.21. The molecule has 46 heavy (non-hydrogen) atoms. The number of amides is 5. The first-order chi connectivity index (χ1) is 22.0. The molecule has 0 aromatic heterocycles. The highest BCUT2D eigenvalue weighted by Gasteiger charge is 2.35. The average Bonchev–Trinajstić information content (AvgIpc) is 3.59. The molecule has 4 aliphatic heterocycles. The monoisotopic (exact) mass is 633 g/mol. The second kappa shape index (κ2) is 14.2. The predicted octanol–water partition coefficient (Wildman–Crippen LogP) is 2.35. The number of phenols is 1. The maximum Gasteiger partial charge on any atom is 0.255 e. The summed E-state index contributed by atoms with van der Waals surface area (Å²) in [6, 6.07) is 8.34. The van der Waals surface area contributed by atoms with E-state index in [4.69, 9.17) is 4.74 Å². The maximum absolute atomic E-state index is 13.9. The molecule has 2 aromatic rings. The van der Waals surface area contributed by atoms with Crippen LogP contribution in [0.1, 0.15) is 62.4 Å². The standard InChI is InChI=1S/C34H43N5O7/c1-20(2)29-32(43)35-21(3)30(41)36-27(34(45)39-16-12-23(13-17-39)33(44)38-14-4-5-15-38)18-22-6-8-24(9-7-22)46-25-10-11-28(40)26(19-25)31(42)37-29/h6-11,19-21,23,27,29,40H,4-5,12-18H2,1-3H3,(H,35,43)(H,36,41)(H,37,42)/t21-,27-,29-/m0/s1. The molecule has 4 bridgehead atoms. The summed E-state index contributed by atoms with van der Waals surface area (Å²) in [4.78, 5) is 70.3. The largest absolute Gasteiger partial charge is 0.507 e. The number of ether oxygens (including phenoxy) is 1. The SMILES string of the molecule is CC(C)[C@@H]1NC(=O)c2cc(ccc2O)Oc2ccc(cc2)C[C@@H](C(=O)N2CCC(C(=O)N3CCCC3)CC2)NC(=O)[C@H](C)NC1=O. The van der Waals surface area contributed by atoms with Crippen molar-refractivity contribution in [1.82, 2.24) is 25.8 Å². The number of rotatable bonds is 3. The van der Waals surface area contributed by atoms with Crippen LogP contribution in [0.3, 0.4) is 0 Å². The Morgan fingerprint density at radius 2 is 1.46 bits per heavy atom. The minimum Gasteiger partial charge on any atom is -0.507 e. The zero-order valence-electron chi connectivity index (χ0n) is 26.6. The summed E-state index contributed by atoms with van der Waals surface area (Å²) in [5.41, 5.74) is 0.707. The molecule has 0 aliphatic carbocycles. The molecule has 246 valence electrons. The van der Waals surface area contributed by atoms with Gasteiger partial charge in [-0.15, -0.1) is 0 Å². The van der Waals surface area contributed by atoms with E-state index in [-0.39, 0.29) is 41.4 Å². The van der Waals surface area contributed by atoms with Gasteiger partial charge in [0, 0.05) is 38.5 Å². The van der Waals surface area contributed by atoms with Crippen molar-refractivity contribution in [1.29, 1.82) is 0 Å². The second-order valence-electron chi connectivity index (χ2n) is 12.7. The Kier molecular flexibility index (Phi) is 10.1. The number of hydrogen-bond donors (Lipinski definition) is 4. The molecule has 2 fully saturated rings. The van der Waals surface area contributed by atoms with Gasteiger partial charge in [-0.2, -0.15) is 0 Å². The van der Waals surface area contributed by atoms with Crippen LogP contribution in [0.2, 0.25) is 0 Å². The summed E-state index contributed by atoms with van der Waals surface area (Å²) in [5, 5.41) is 18.6. The molecule has 12 heteroatoms. The van der Waals surface area contributed by atoms with Crippen LogP contribution >= 0.6 is 0 Å². The second-order valence-corrected chi connectivity index (χ2v) is 12.7. The van der Waals surface area contributed by atoms with Gasteiger partial charge in [0.2, 0.25) is 23.6 Å². The van der Waals surface area contributed by atoms with Crippen LogP contribution in [0.5, 0.6) is 17.2 Å². The lowest BCUT2D eigenvalue weighted by molar-refractivity contribution is -0.142. The number of hydrogen-bond acceptors (Lipinski definition) is 7. The van der Waals surface area contributed by atoms with Crippen molar-refractivity contribution in [2.75, 3.05) is 26.2 Å². The van der Waals surface area contributed by atoms with E-state index in [2.05, 4.69) is 16.0 Å². The molecule has 12 nitrogen and oxygen atoms in total. The molecule has 0 radical (unpaired) electrons. The van der Waals surface area contributed by atoms with Crippen molar-refractivity contribution in [3.8, 4) is 17.2 Å². The van der Waals surface area contributed by atoms with Crippen molar-refractivity contribution in [2.24, 2.45) is 11.8 Å². The normalized spacial score (nSPS) is 23.2. The molecule has 0 unspecified atom stereocenters. The minimum atomic E-state index is -1.02. The summed E-state index contributed by atoms with van der Waals surface area (Å²) >= 11 is 0. The van der Waals surface area contributed by atoms with Crippen LogP contribution < -0.4 is 20.7 Å². The molecule has 3 atom stereocenters. The molecule has 4 N–H and O–H groups in total. The van der Waals surface area contributed by atoms with Crippen molar-refractivity contribution < 1.29 is 33.8 Å². The number of nitrogens with zero attached hydrogens (tertiary/aromatic N) is 2. The lowest BCUT2D eigenvalue weighted by Crippen LogP contribution is -2.58. The number of benzene rings is 2. The highest BCUT2D eigenvalue weighted by Crippen LogP contribution is 2.28. The fraction of sp³-hybridized carbons (Fsp3) is 0.500. The number of carbonyl (C=O) groups excluding carboxylic acids is 5. The first-order valence-electron chi connectivity index (χ1n) is 16.1. The summed E-state index contributed by atoms with van der Waals surface area (Å²) in [6.45, 7) is 7.44. The lowest BCUT2D eigenvalue weighted by atomic mass is 9.94. The van der Waals surface area contributed by atoms with E-state index >= 15 is 0 Å². The van der Waals surface area contributed by atoms with E-state index in [1.807, 2.05) is 4.90 Å². The summed E-state index contributed by atoms with van der Waals surface area (Å²) < 4.78 is 5.94. The van der Waals surface area contributed by atoms with E-state index in [1.165, 1.54) is 25.1 Å². The van der Waals surface area contributed by atoms with Crippen LogP contribution in [0.4, 0.5) is 0 Å². The van der Waals surface area contributed by atoms with E-state index in [0.29, 0.717) is 37.4 Å². The van der Waals surface area contributed by atoms with Gasteiger partial charge in [-0.05, 0) is 74.4 Å². The Bertz CT molecular complexity index is 1460. The maximum atomic E-state index is 13.9. The van der Waals surface area contributed by atoms with Gasteiger partial charge in [0.15, 0.2) is 0 Å². The number of likely N-dealkylation sites (tertiary alicyclic amines) is 2. The van der Waals surface area contributed by atoms with Crippen LogP contribution in [-0.4, -0.2) is 88.7 Å². The quantitative estimate of drug-likeness (QED) is 0.378. The van der Waals surface area contributed by atoms with Crippen LogP contribution in [0.25, 0.3) is 0 Å². The van der Waals surface area contributed by atoms with Crippen LogP contribution in [0, 0.1) is 11.8 Å². The Labute approximate surface area is 268 Å². The number of piperidine rings is 1. The molecule has 0 spiro atoms. The first-order valence-corrected chi connectivity index (χ1v) is 16.1. The van der Waals surface area contributed by atoms with Gasteiger partial charge in [0.05, 0.1) is 5.56 Å². The lowest BCUT2D eigenvalue weighted by Gasteiger charge is -2.35. The number of nitrogens with one attached hydrogen (secondary N) is 3. The van der Waals surface area contributed by atoms with E-state index in [0.717, 1.165) is 31.5 Å². The average molecular weight is 634 g/mol. The summed E-state index contributed by atoms with van der Waals surface area (Å²) in [7, 11) is 0. The van der Waals surface area contributed by atoms with Crippen LogP contribution in [0.15, 0.2) is 42.5 Å². The zero-order valence-corrected chi connectivity index (χ0v) is 26.6. The molecular weight excluding hydrogens is 590 g/mol. The van der Waals surface area contributed by atoms with Gasteiger partial charge in [-0.25, -0.2) is 0 Å². The fourth-order valence-electron chi connectivity index (χ4n) is 6.21. The van der Waals surface area contributed by atoms with Gasteiger partial charge in [0.25, 0.3) is 5.91 Å². The highest BCUT2D eigenvalue weighted by molar-refractivity contribution is 6.00. The molecule has 2 aromatic carbocycles. The Morgan fingerprint density at radius 1 is 0.826 bits per heavy atom. The van der Waals surface area contributed by atoms with Crippen molar-refractivity contribution >= 4 is 29.5 Å². The molecule has 0 saturated carbocycles. The first kappa shape index (κ1) is 32.8. The molecule has 5 amide bonds. The van der Waals surface area contributed by atoms with Gasteiger partial charge in [-0.1, -0.05) is 26.0 Å². The number of fused-ring (bicyclic) bond motifs is 11. The molecule has 2 saturated heterocycles. The third-order valence-electron chi connectivity index (χ3n) is 8.99. The smallest absolute Gasteiger partial charge is 0.255 e. The van der Waals surface area contributed by atoms with Gasteiger partial charge < -0.3 is 35.6 Å². The van der Waals surface area contributed by atoms with Gasteiger partial charge in [-0.3, -0.25) is 24.0 Å². The predicted molar refractivity (Wildman–Crippen MR) is 169 cm³/mol. The molecule has 4 heterocycles. The van der Waals surface area contributed by atoms with Crippen molar-refractivity contribution in [3.63, 3.8) is 0 Å². The third-order valence-corrected chi connectivity index (χ3v) is 8.99. The van der Waals surface area contributed by atoms with Crippen molar-refractivity contribution in [2.45, 2.75) is 71.0 Å². The van der Waals surface area contributed by atoms with E-state index in [1.54, 1.807) is 43.0 Å². The Hall–Kier alpha value is -4.61. The molecule has 6 rings (SSSR count). The summed E-state index contributed by atoms with van der Waals surface area (Å²) in [5.74, 6) is -1.85. The topological polar surface area (TPSA) is 157 Å².